The molecule has 0 unspecified atom stereocenters. The summed E-state index contributed by atoms with van der Waals surface area (Å²) in [5.41, 5.74) is 0.491. The molecule has 2 N–H and O–H groups in total. The number of ether oxygens (including phenoxy) is 1. The molecular weight excluding hydrogens is 424 g/mol. The molecule has 0 saturated heterocycles. The molecule has 12 heteroatoms. The van der Waals surface area contributed by atoms with Crippen molar-refractivity contribution in [2.45, 2.75) is 6.92 Å². The van der Waals surface area contributed by atoms with Crippen LogP contribution in [-0.4, -0.2) is 28.3 Å². The maximum Gasteiger partial charge on any atom is 0.317 e. The van der Waals surface area contributed by atoms with E-state index in [1.807, 2.05) is 0 Å². The van der Waals surface area contributed by atoms with Crippen molar-refractivity contribution >= 4 is 34.6 Å². The Bertz CT molecular complexity index is 1190. The van der Waals surface area contributed by atoms with Crippen LogP contribution in [0.3, 0.4) is 0 Å². The first-order valence-electron chi connectivity index (χ1n) is 9.05. The smallest absolute Gasteiger partial charge is 0.317 e. The normalized spacial score (nSPS) is 10.3. The van der Waals surface area contributed by atoms with E-state index < -0.39 is 39.6 Å². The lowest BCUT2D eigenvalue weighted by atomic mass is 10.1. The lowest BCUT2D eigenvalue weighted by Gasteiger charge is -2.11. The Kier molecular flexibility index (Phi) is 6.44. The molecule has 164 valence electrons. The molecule has 1 heterocycles. The van der Waals surface area contributed by atoms with E-state index in [0.717, 1.165) is 18.2 Å². The van der Waals surface area contributed by atoms with Gasteiger partial charge in [0.05, 0.1) is 22.2 Å². The number of benzene rings is 2. The van der Waals surface area contributed by atoms with Crippen LogP contribution in [0.5, 0.6) is 5.75 Å². The molecule has 1 aromatic heterocycles. The number of aryl methyl sites for hydroxylation is 1. The van der Waals surface area contributed by atoms with Gasteiger partial charge in [-0.25, -0.2) is 0 Å². The van der Waals surface area contributed by atoms with Gasteiger partial charge in [0, 0.05) is 17.4 Å². The molecular formula is C20H16N4O8. The molecule has 2 amide bonds. The van der Waals surface area contributed by atoms with Gasteiger partial charge < -0.3 is 19.8 Å². The van der Waals surface area contributed by atoms with Gasteiger partial charge >= 0.3 is 5.69 Å². The number of nitro benzene ring substituents is 2. The Morgan fingerprint density at radius 3 is 2.44 bits per heavy atom. The highest BCUT2D eigenvalue weighted by atomic mass is 16.6. The largest absolute Gasteiger partial charge is 0.477 e. The minimum atomic E-state index is -0.834. The third-order valence-electron chi connectivity index (χ3n) is 4.21. The van der Waals surface area contributed by atoms with Crippen LogP contribution in [0.1, 0.15) is 16.1 Å². The summed E-state index contributed by atoms with van der Waals surface area (Å²) in [4.78, 5) is 44.5. The summed E-state index contributed by atoms with van der Waals surface area (Å²) in [5.74, 6) is -1.15. The van der Waals surface area contributed by atoms with Crippen molar-refractivity contribution in [2.24, 2.45) is 0 Å². The summed E-state index contributed by atoms with van der Waals surface area (Å²) < 4.78 is 10.2. The van der Waals surface area contributed by atoms with Crippen LogP contribution in [0.15, 0.2) is 59.2 Å². The van der Waals surface area contributed by atoms with E-state index in [1.165, 1.54) is 12.3 Å². The first kappa shape index (κ1) is 22.0. The maximum atomic E-state index is 12.2. The van der Waals surface area contributed by atoms with Gasteiger partial charge in [-0.05, 0) is 48.9 Å². The molecule has 0 bridgehead atoms. The average molecular weight is 440 g/mol. The van der Waals surface area contributed by atoms with Crippen LogP contribution < -0.4 is 15.4 Å². The Labute approximate surface area is 180 Å². The monoisotopic (exact) mass is 440 g/mol. The Morgan fingerprint density at radius 2 is 1.81 bits per heavy atom. The van der Waals surface area contributed by atoms with Crippen LogP contribution >= 0.6 is 0 Å². The molecule has 2 aromatic carbocycles. The number of carbonyl (C=O) groups excluding carboxylic acids is 2. The minimum Gasteiger partial charge on any atom is -0.477 e. The number of nitrogens with zero attached hydrogens (tertiary/aromatic N) is 2. The number of hydrogen-bond donors (Lipinski definition) is 2. The summed E-state index contributed by atoms with van der Waals surface area (Å²) in [7, 11) is 0. The van der Waals surface area contributed by atoms with E-state index in [0.29, 0.717) is 16.9 Å². The molecule has 0 radical (unpaired) electrons. The zero-order chi connectivity index (χ0) is 23.3. The van der Waals surface area contributed by atoms with E-state index >= 15 is 0 Å². The highest BCUT2D eigenvalue weighted by molar-refractivity contribution is 6.03. The van der Waals surface area contributed by atoms with Crippen LogP contribution in [0.2, 0.25) is 0 Å². The number of anilines is 2. The Hall–Kier alpha value is -4.74. The number of rotatable bonds is 8. The molecule has 3 aromatic rings. The van der Waals surface area contributed by atoms with Crippen LogP contribution in [0, 0.1) is 27.2 Å². The van der Waals surface area contributed by atoms with E-state index in [-0.39, 0.29) is 11.5 Å². The van der Waals surface area contributed by atoms with Gasteiger partial charge in [-0.1, -0.05) is 0 Å². The number of carbonyl (C=O) groups is 2. The minimum absolute atomic E-state index is 0.152. The molecule has 0 saturated carbocycles. The predicted octanol–water partition coefficient (Wildman–Crippen LogP) is 3.67. The topological polar surface area (TPSA) is 167 Å². The fourth-order valence-corrected chi connectivity index (χ4v) is 2.70. The average Bonchev–Trinajstić information content (AvgIpc) is 3.29. The fraction of sp³-hybridized carbons (Fsp3) is 0.100. The van der Waals surface area contributed by atoms with Gasteiger partial charge in [-0.15, -0.1) is 0 Å². The summed E-state index contributed by atoms with van der Waals surface area (Å²) in [6.45, 7) is 1.17. The number of nitro groups is 2. The summed E-state index contributed by atoms with van der Waals surface area (Å²) in [6.07, 6.45) is 1.38. The van der Waals surface area contributed by atoms with Gasteiger partial charge in [-0.2, -0.15) is 0 Å². The summed E-state index contributed by atoms with van der Waals surface area (Å²) in [6, 6.07) is 10.7. The van der Waals surface area contributed by atoms with Crippen molar-refractivity contribution < 1.29 is 28.6 Å². The molecule has 3 rings (SSSR count). The SMILES string of the molecule is Cc1cc(NC(=O)COc2ccc([N+](=O)[O-])cc2[N+](=O)[O-])ccc1NC(=O)c1ccco1. The van der Waals surface area contributed by atoms with Gasteiger partial charge in [0.15, 0.2) is 18.1 Å². The quantitative estimate of drug-likeness (QED) is 0.395. The second-order valence-electron chi connectivity index (χ2n) is 6.46. The molecule has 0 atom stereocenters. The number of nitrogens with one attached hydrogen (secondary N) is 2. The van der Waals surface area contributed by atoms with E-state index in [1.54, 1.807) is 31.2 Å². The number of furan rings is 1. The maximum absolute atomic E-state index is 12.2. The zero-order valence-electron chi connectivity index (χ0n) is 16.6. The summed E-state index contributed by atoms with van der Waals surface area (Å²) >= 11 is 0. The summed E-state index contributed by atoms with van der Waals surface area (Å²) in [5, 5.41) is 27.1. The van der Waals surface area contributed by atoms with Gasteiger partial charge in [-0.3, -0.25) is 29.8 Å². The van der Waals surface area contributed by atoms with Gasteiger partial charge in [0.2, 0.25) is 0 Å². The predicted molar refractivity (Wildman–Crippen MR) is 112 cm³/mol. The second-order valence-corrected chi connectivity index (χ2v) is 6.46. The first-order chi connectivity index (χ1) is 15.2. The van der Waals surface area contributed by atoms with Crippen molar-refractivity contribution in [3.8, 4) is 5.75 Å². The zero-order valence-corrected chi connectivity index (χ0v) is 16.6. The van der Waals surface area contributed by atoms with Crippen LogP contribution in [-0.2, 0) is 4.79 Å². The number of amides is 2. The third-order valence-corrected chi connectivity index (χ3v) is 4.21. The molecule has 0 aliphatic heterocycles. The molecule has 12 nitrogen and oxygen atoms in total. The number of non-ortho nitro benzene ring substituents is 1. The molecule has 32 heavy (non-hydrogen) atoms. The molecule has 0 spiro atoms. The van der Waals surface area contributed by atoms with Crippen molar-refractivity contribution in [3.63, 3.8) is 0 Å². The van der Waals surface area contributed by atoms with E-state index in [4.69, 9.17) is 9.15 Å². The Balaban J connectivity index is 1.62. The third kappa shape index (κ3) is 5.24. The number of hydrogen-bond acceptors (Lipinski definition) is 8. The van der Waals surface area contributed by atoms with E-state index in [2.05, 4.69) is 10.6 Å². The first-order valence-corrected chi connectivity index (χ1v) is 9.05. The van der Waals surface area contributed by atoms with Gasteiger partial charge in [0.1, 0.15) is 0 Å². The lowest BCUT2D eigenvalue weighted by molar-refractivity contribution is -0.394. The standard InChI is InChI=1S/C20H16N4O8/c1-12-9-13(4-6-15(12)22-20(26)18-3-2-8-31-18)21-19(25)11-32-17-7-5-14(23(27)28)10-16(17)24(29)30/h2-10H,11H2,1H3,(H,21,25)(H,22,26). The molecule has 0 aliphatic rings. The highest BCUT2D eigenvalue weighted by Crippen LogP contribution is 2.31. The van der Waals surface area contributed by atoms with Crippen LogP contribution in [0.25, 0.3) is 0 Å². The van der Waals surface area contributed by atoms with Crippen molar-refractivity contribution in [3.05, 3.63) is 86.3 Å². The molecule has 0 fully saturated rings. The fourth-order valence-electron chi connectivity index (χ4n) is 2.70. The second kappa shape index (κ2) is 9.38. The van der Waals surface area contributed by atoms with Crippen molar-refractivity contribution in [2.75, 3.05) is 17.2 Å². The Morgan fingerprint density at radius 1 is 1.03 bits per heavy atom. The van der Waals surface area contributed by atoms with Crippen molar-refractivity contribution in [1.82, 2.24) is 0 Å². The van der Waals surface area contributed by atoms with Crippen LogP contribution in [0.4, 0.5) is 22.7 Å². The van der Waals surface area contributed by atoms with Crippen molar-refractivity contribution in [1.29, 1.82) is 0 Å². The molecule has 0 aliphatic carbocycles. The lowest BCUT2D eigenvalue weighted by Crippen LogP contribution is -2.20. The van der Waals surface area contributed by atoms with Gasteiger partial charge in [0.25, 0.3) is 17.5 Å². The highest BCUT2D eigenvalue weighted by Gasteiger charge is 2.21. The van der Waals surface area contributed by atoms with E-state index in [9.17, 15) is 29.8 Å².